The van der Waals surface area contributed by atoms with Crippen LogP contribution >= 0.6 is 0 Å². The van der Waals surface area contributed by atoms with Crippen molar-refractivity contribution in [1.29, 1.82) is 0 Å². The predicted octanol–water partition coefficient (Wildman–Crippen LogP) is 18.6. The van der Waals surface area contributed by atoms with E-state index in [4.69, 9.17) is 18.9 Å². The average Bonchev–Trinajstić information content (AvgIpc) is 3.42. The van der Waals surface area contributed by atoms with Crippen molar-refractivity contribution in [2.45, 2.75) is 296 Å². The van der Waals surface area contributed by atoms with Gasteiger partial charge in [0.25, 0.3) is 0 Å². The Morgan fingerprint density at radius 3 is 1.08 bits per heavy atom. The molecule has 2 atom stereocenters. The van der Waals surface area contributed by atoms with E-state index in [0.717, 1.165) is 83.5 Å². The second-order valence-electron chi connectivity index (χ2n) is 23.0. The van der Waals surface area contributed by atoms with E-state index in [1.54, 1.807) is 0 Å². The molecule has 0 aliphatic rings. The third kappa shape index (κ3) is 61.9. The van der Waals surface area contributed by atoms with Crippen LogP contribution < -0.4 is 5.11 Å². The number of allylic oxidation sites excluding steroid dienone is 14. The molecule has 9 nitrogen and oxygen atoms in total. The molecule has 0 bridgehead atoms. The number of rotatable bonds is 60. The molecule has 0 amide bonds. The number of ether oxygens (including phenoxy) is 4. The molecule has 0 spiro atoms. The van der Waals surface area contributed by atoms with Gasteiger partial charge >= 0.3 is 11.9 Å². The van der Waals surface area contributed by atoms with E-state index < -0.39 is 24.3 Å². The van der Waals surface area contributed by atoms with Crippen LogP contribution in [0.4, 0.5) is 0 Å². The van der Waals surface area contributed by atoms with E-state index in [9.17, 15) is 19.5 Å². The zero-order valence-electron chi connectivity index (χ0n) is 52.0. The average molecular weight is 1110 g/mol. The van der Waals surface area contributed by atoms with Gasteiger partial charge in [0, 0.05) is 12.8 Å². The molecule has 456 valence electrons. The first-order valence-corrected chi connectivity index (χ1v) is 32.7. The molecule has 0 aromatic heterocycles. The number of aliphatic carboxylic acids is 1. The van der Waals surface area contributed by atoms with E-state index in [0.29, 0.717) is 17.4 Å². The summed E-state index contributed by atoms with van der Waals surface area (Å²) in [5.41, 5.74) is 0. The number of likely N-dealkylation sites (N-methyl/N-ethyl adjacent to an activating group) is 1. The van der Waals surface area contributed by atoms with Crippen LogP contribution in [0.15, 0.2) is 85.1 Å². The summed E-state index contributed by atoms with van der Waals surface area (Å²) in [4.78, 5) is 37.3. The topological polar surface area (TPSA) is 111 Å². The van der Waals surface area contributed by atoms with Gasteiger partial charge in [-0.25, -0.2) is 0 Å². The Labute approximate surface area is 487 Å². The Morgan fingerprint density at radius 1 is 0.392 bits per heavy atom. The van der Waals surface area contributed by atoms with Crippen LogP contribution in [-0.2, 0) is 33.3 Å². The van der Waals surface area contributed by atoms with Gasteiger partial charge in [-0.1, -0.05) is 266 Å². The molecule has 0 aromatic carbocycles. The smallest absolute Gasteiger partial charge is 0.306 e. The predicted molar refractivity (Wildman–Crippen MR) is 334 cm³/mol. The lowest BCUT2D eigenvalue weighted by atomic mass is 10.0. The number of quaternary nitrogens is 1. The van der Waals surface area contributed by atoms with E-state index >= 15 is 0 Å². The third-order valence-corrected chi connectivity index (χ3v) is 14.1. The highest BCUT2D eigenvalue weighted by Crippen LogP contribution is 2.17. The van der Waals surface area contributed by atoms with E-state index in [2.05, 4.69) is 98.9 Å². The standard InChI is InChI=1S/C70H123NO8/c1-6-8-10-12-14-16-18-20-22-24-25-26-27-28-29-30-31-32-33-34-35-36-37-38-39-40-41-42-43-45-46-48-50-52-54-56-58-60-67(72)77-64-66(65-78-70(69(74)75)76-63-62-71(3,4)5)79-68(73)61-59-57-55-53-51-49-47-44-23-21-19-17-15-13-11-9-7-2/h9,11,15,17-18,20-21,23-25,27-28,47,49,66,70H,6-8,10,12-14,16,19,22,26,29-46,48,50-65H2,1-5H3/b11-9-,17-15-,20-18-,23-21-,25-24-,28-27-,49-47-. The molecule has 0 N–H and O–H groups in total. The number of esters is 2. The summed E-state index contributed by atoms with van der Waals surface area (Å²) < 4.78 is 22.7. The number of carbonyl (C=O) groups is 3. The maximum atomic E-state index is 12.8. The van der Waals surface area contributed by atoms with Gasteiger partial charge in [0.05, 0.1) is 40.3 Å². The molecule has 0 fully saturated rings. The molecule has 0 rings (SSSR count). The Hall–Kier alpha value is -3.53. The highest BCUT2D eigenvalue weighted by atomic mass is 16.7. The first kappa shape index (κ1) is 75.5. The molecule has 0 aliphatic carbocycles. The van der Waals surface area contributed by atoms with Crippen molar-refractivity contribution >= 4 is 17.9 Å². The largest absolute Gasteiger partial charge is 0.545 e. The molecule has 0 heterocycles. The molecule has 9 heteroatoms. The lowest BCUT2D eigenvalue weighted by Crippen LogP contribution is -2.44. The van der Waals surface area contributed by atoms with Crippen LogP contribution in [0.2, 0.25) is 0 Å². The number of nitrogens with zero attached hydrogens (tertiary/aromatic N) is 1. The summed E-state index contributed by atoms with van der Waals surface area (Å²) in [6, 6.07) is 0. The lowest BCUT2D eigenvalue weighted by molar-refractivity contribution is -0.870. The second kappa shape index (κ2) is 60.6. The monoisotopic (exact) mass is 1110 g/mol. The van der Waals surface area contributed by atoms with Gasteiger partial charge < -0.3 is 33.3 Å². The Morgan fingerprint density at radius 2 is 0.722 bits per heavy atom. The maximum absolute atomic E-state index is 12.8. The Balaban J connectivity index is 4.03. The minimum Gasteiger partial charge on any atom is -0.545 e. The van der Waals surface area contributed by atoms with Crippen molar-refractivity contribution in [3.63, 3.8) is 0 Å². The van der Waals surface area contributed by atoms with Crippen molar-refractivity contribution in [1.82, 2.24) is 0 Å². The first-order valence-electron chi connectivity index (χ1n) is 32.7. The molecular weight excluding hydrogens is 983 g/mol. The fourth-order valence-corrected chi connectivity index (χ4v) is 9.12. The highest BCUT2D eigenvalue weighted by Gasteiger charge is 2.22. The summed E-state index contributed by atoms with van der Waals surface area (Å²) in [7, 11) is 5.91. The molecule has 79 heavy (non-hydrogen) atoms. The van der Waals surface area contributed by atoms with Gasteiger partial charge in [0.15, 0.2) is 12.4 Å². The Kier molecular flexibility index (Phi) is 57.9. The summed E-state index contributed by atoms with van der Waals surface area (Å²) >= 11 is 0. The second-order valence-corrected chi connectivity index (χ2v) is 23.0. The minimum atomic E-state index is -1.63. The van der Waals surface area contributed by atoms with Crippen LogP contribution in [0.5, 0.6) is 0 Å². The van der Waals surface area contributed by atoms with Crippen LogP contribution in [0, 0.1) is 0 Å². The number of carbonyl (C=O) groups excluding carboxylic acids is 3. The van der Waals surface area contributed by atoms with Crippen LogP contribution in [0.3, 0.4) is 0 Å². The lowest BCUT2D eigenvalue weighted by Gasteiger charge is -2.26. The molecule has 0 aromatic rings. The Bertz CT molecular complexity index is 1570. The van der Waals surface area contributed by atoms with Gasteiger partial charge in [-0.15, -0.1) is 0 Å². The highest BCUT2D eigenvalue weighted by molar-refractivity contribution is 5.70. The molecular formula is C70H123NO8. The molecule has 0 aliphatic heterocycles. The van der Waals surface area contributed by atoms with Crippen molar-refractivity contribution in [2.24, 2.45) is 0 Å². The molecule has 0 saturated heterocycles. The van der Waals surface area contributed by atoms with Crippen LogP contribution in [-0.4, -0.2) is 82.3 Å². The van der Waals surface area contributed by atoms with Gasteiger partial charge in [0.1, 0.15) is 13.2 Å². The first-order chi connectivity index (χ1) is 38.6. The maximum Gasteiger partial charge on any atom is 0.306 e. The quantitative estimate of drug-likeness (QED) is 0.0195. The van der Waals surface area contributed by atoms with Crippen molar-refractivity contribution < 1.29 is 42.9 Å². The number of carboxylic acid groups (broad SMARTS) is 1. The van der Waals surface area contributed by atoms with Crippen LogP contribution in [0.25, 0.3) is 0 Å². The molecule has 0 radical (unpaired) electrons. The van der Waals surface area contributed by atoms with Crippen LogP contribution in [0.1, 0.15) is 284 Å². The SMILES string of the molecule is CC/C=C\C/C=C\C/C=C\C/C=C\CCCCCCC(=O)OC(COC(=O)CCCCCCCCCCCCCCCCCCCCCCCC/C=C\C/C=C\C/C=C\CCCCCCC)COC(OCC[N+](C)(C)C)C(=O)[O-]. The summed E-state index contributed by atoms with van der Waals surface area (Å²) in [6.07, 6.45) is 78.2. The molecule has 0 saturated carbocycles. The fourth-order valence-electron chi connectivity index (χ4n) is 9.12. The van der Waals surface area contributed by atoms with E-state index in [1.165, 1.54) is 167 Å². The van der Waals surface area contributed by atoms with Crippen molar-refractivity contribution in [2.75, 3.05) is 47.5 Å². The summed E-state index contributed by atoms with van der Waals surface area (Å²) in [5.74, 6) is -2.31. The number of carboxylic acids is 1. The van der Waals surface area contributed by atoms with Gasteiger partial charge in [-0.05, 0) is 89.9 Å². The minimum absolute atomic E-state index is 0.140. The summed E-state index contributed by atoms with van der Waals surface area (Å²) in [6.45, 7) is 4.61. The van der Waals surface area contributed by atoms with Crippen molar-refractivity contribution in [3.8, 4) is 0 Å². The number of unbranched alkanes of at least 4 members (excludes halogenated alkanes) is 31. The van der Waals surface area contributed by atoms with E-state index in [-0.39, 0.29) is 38.6 Å². The van der Waals surface area contributed by atoms with Crippen molar-refractivity contribution in [3.05, 3.63) is 85.1 Å². The normalized spacial score (nSPS) is 13.3. The molecule has 2 unspecified atom stereocenters. The third-order valence-electron chi connectivity index (χ3n) is 14.1. The fraction of sp³-hybridized carbons (Fsp3) is 0.757. The van der Waals surface area contributed by atoms with Gasteiger partial charge in [-0.3, -0.25) is 9.59 Å². The van der Waals surface area contributed by atoms with E-state index in [1.807, 2.05) is 21.1 Å². The number of hydrogen-bond donors (Lipinski definition) is 0. The van der Waals surface area contributed by atoms with Gasteiger partial charge in [0.2, 0.25) is 0 Å². The summed E-state index contributed by atoms with van der Waals surface area (Å²) in [5, 5.41) is 11.8. The number of hydrogen-bond acceptors (Lipinski definition) is 8. The van der Waals surface area contributed by atoms with Gasteiger partial charge in [-0.2, -0.15) is 0 Å². The zero-order valence-corrected chi connectivity index (χ0v) is 52.0. The zero-order chi connectivity index (χ0) is 57.6.